The van der Waals surface area contributed by atoms with Crippen molar-refractivity contribution < 1.29 is 14.7 Å². The van der Waals surface area contributed by atoms with Gasteiger partial charge in [0.25, 0.3) is 0 Å². The van der Waals surface area contributed by atoms with Gasteiger partial charge >= 0.3 is 5.97 Å². The van der Waals surface area contributed by atoms with Crippen LogP contribution in [0.5, 0.6) is 0 Å². The van der Waals surface area contributed by atoms with Crippen LogP contribution in [0.4, 0.5) is 0 Å². The lowest BCUT2D eigenvalue weighted by Gasteiger charge is -1.89. The number of carbonyl (C=O) groups excluding carboxylic acids is 1. The lowest BCUT2D eigenvalue weighted by atomic mass is 10.2. The zero-order chi connectivity index (χ0) is 9.84. The number of aromatic nitrogens is 2. The van der Waals surface area contributed by atoms with Gasteiger partial charge in [-0.05, 0) is 0 Å². The SMILES string of the molecule is Cn1ncc(C#CC(=O)O)c1C=O. The van der Waals surface area contributed by atoms with Crippen LogP contribution in [0, 0.1) is 11.8 Å². The number of aliphatic carboxylic acids is 1. The van der Waals surface area contributed by atoms with Crippen molar-refractivity contribution in [3.05, 3.63) is 17.5 Å². The molecule has 0 saturated heterocycles. The van der Waals surface area contributed by atoms with Crippen LogP contribution < -0.4 is 0 Å². The minimum absolute atomic E-state index is 0.272. The van der Waals surface area contributed by atoms with E-state index in [1.54, 1.807) is 7.05 Å². The summed E-state index contributed by atoms with van der Waals surface area (Å²) < 4.78 is 1.33. The number of nitrogens with zero attached hydrogens (tertiary/aromatic N) is 2. The monoisotopic (exact) mass is 178 g/mol. The third kappa shape index (κ3) is 1.93. The van der Waals surface area contributed by atoms with Crippen LogP contribution >= 0.6 is 0 Å². The Kier molecular flexibility index (Phi) is 2.45. The van der Waals surface area contributed by atoms with Gasteiger partial charge in [-0.2, -0.15) is 5.10 Å². The molecular weight excluding hydrogens is 172 g/mol. The van der Waals surface area contributed by atoms with E-state index in [2.05, 4.69) is 11.0 Å². The quantitative estimate of drug-likeness (QED) is 0.472. The standard InChI is InChI=1S/C8H6N2O3/c1-10-7(5-11)6(4-9-10)2-3-8(12)13/h4-5H,1H3,(H,12,13). The molecular formula is C8H6N2O3. The van der Waals surface area contributed by atoms with Crippen LogP contribution in [0.15, 0.2) is 6.20 Å². The van der Waals surface area contributed by atoms with E-state index in [1.807, 2.05) is 5.92 Å². The van der Waals surface area contributed by atoms with Crippen molar-refractivity contribution in [1.82, 2.24) is 9.78 Å². The predicted molar refractivity (Wildman–Crippen MR) is 43.1 cm³/mol. The highest BCUT2D eigenvalue weighted by Crippen LogP contribution is 2.01. The van der Waals surface area contributed by atoms with Gasteiger partial charge in [0.05, 0.1) is 11.8 Å². The maximum atomic E-state index is 10.5. The van der Waals surface area contributed by atoms with Gasteiger partial charge in [-0.15, -0.1) is 0 Å². The molecule has 0 radical (unpaired) electrons. The number of aldehydes is 1. The Morgan fingerprint density at radius 2 is 2.46 bits per heavy atom. The molecule has 5 heteroatoms. The van der Waals surface area contributed by atoms with E-state index in [1.165, 1.54) is 10.9 Å². The number of carboxylic acids is 1. The Morgan fingerprint density at radius 3 is 3.00 bits per heavy atom. The molecule has 0 spiro atoms. The van der Waals surface area contributed by atoms with Gasteiger partial charge in [0, 0.05) is 13.0 Å². The van der Waals surface area contributed by atoms with E-state index in [0.29, 0.717) is 11.8 Å². The van der Waals surface area contributed by atoms with Crippen molar-refractivity contribution in [1.29, 1.82) is 0 Å². The molecule has 5 nitrogen and oxygen atoms in total. The van der Waals surface area contributed by atoms with Crippen molar-refractivity contribution in [2.75, 3.05) is 0 Å². The van der Waals surface area contributed by atoms with Gasteiger partial charge < -0.3 is 5.11 Å². The average molecular weight is 178 g/mol. The van der Waals surface area contributed by atoms with Gasteiger partial charge in [-0.3, -0.25) is 9.48 Å². The summed E-state index contributed by atoms with van der Waals surface area (Å²) >= 11 is 0. The molecule has 0 bridgehead atoms. The summed E-state index contributed by atoms with van der Waals surface area (Å²) in [6.07, 6.45) is 1.93. The van der Waals surface area contributed by atoms with Crippen LogP contribution in [0.2, 0.25) is 0 Å². The first kappa shape index (κ1) is 9.00. The van der Waals surface area contributed by atoms with Crippen LogP contribution in [0.25, 0.3) is 0 Å². The largest absolute Gasteiger partial charge is 0.472 e. The Balaban J connectivity index is 3.10. The second-order valence-corrected chi connectivity index (χ2v) is 2.24. The highest BCUT2D eigenvalue weighted by molar-refractivity contribution is 5.88. The fourth-order valence-corrected chi connectivity index (χ4v) is 0.804. The smallest absolute Gasteiger partial charge is 0.382 e. The topological polar surface area (TPSA) is 72.2 Å². The second-order valence-electron chi connectivity index (χ2n) is 2.24. The van der Waals surface area contributed by atoms with Crippen molar-refractivity contribution in [2.45, 2.75) is 0 Å². The molecule has 66 valence electrons. The highest BCUT2D eigenvalue weighted by Gasteiger charge is 2.03. The molecule has 1 rings (SSSR count). The summed E-state index contributed by atoms with van der Waals surface area (Å²) in [4.78, 5) is 20.6. The van der Waals surface area contributed by atoms with Crippen LogP contribution in [-0.4, -0.2) is 27.1 Å². The average Bonchev–Trinajstić information content (AvgIpc) is 2.42. The maximum absolute atomic E-state index is 10.5. The first-order valence-electron chi connectivity index (χ1n) is 3.37. The second kappa shape index (κ2) is 3.54. The summed E-state index contributed by atoms with van der Waals surface area (Å²) in [5, 5.41) is 12.0. The zero-order valence-electron chi connectivity index (χ0n) is 6.81. The molecule has 13 heavy (non-hydrogen) atoms. The Labute approximate surface area is 74.0 Å². The molecule has 1 aromatic rings. The van der Waals surface area contributed by atoms with E-state index < -0.39 is 5.97 Å². The molecule has 0 aliphatic heterocycles. The Morgan fingerprint density at radius 1 is 1.77 bits per heavy atom. The van der Waals surface area contributed by atoms with E-state index in [-0.39, 0.29) is 5.69 Å². The molecule has 1 N–H and O–H groups in total. The van der Waals surface area contributed by atoms with Crippen LogP contribution in [-0.2, 0) is 11.8 Å². The minimum Gasteiger partial charge on any atom is -0.472 e. The van der Waals surface area contributed by atoms with Gasteiger partial charge in [0.15, 0.2) is 6.29 Å². The number of hydrogen-bond acceptors (Lipinski definition) is 3. The molecule has 1 heterocycles. The number of carbonyl (C=O) groups is 2. The van der Waals surface area contributed by atoms with Crippen molar-refractivity contribution in [3.63, 3.8) is 0 Å². The third-order valence-electron chi connectivity index (χ3n) is 1.40. The number of hydrogen-bond donors (Lipinski definition) is 1. The van der Waals surface area contributed by atoms with Crippen molar-refractivity contribution in [2.24, 2.45) is 7.05 Å². The number of aryl methyl sites for hydroxylation is 1. The lowest BCUT2D eigenvalue weighted by molar-refractivity contribution is -0.130. The number of rotatable bonds is 1. The molecule has 0 saturated carbocycles. The first-order chi connectivity index (χ1) is 6.15. The van der Waals surface area contributed by atoms with E-state index >= 15 is 0 Å². The molecule has 0 unspecified atom stereocenters. The Bertz CT molecular complexity index is 409. The predicted octanol–water partition coefficient (Wildman–Crippen LogP) is -0.331. The summed E-state index contributed by atoms with van der Waals surface area (Å²) in [5.74, 6) is 2.99. The Hall–Kier alpha value is -2.09. The first-order valence-corrected chi connectivity index (χ1v) is 3.37. The van der Waals surface area contributed by atoms with Gasteiger partial charge in [0.2, 0.25) is 0 Å². The van der Waals surface area contributed by atoms with Gasteiger partial charge in [-0.25, -0.2) is 4.79 Å². The molecule has 0 fully saturated rings. The van der Waals surface area contributed by atoms with Crippen molar-refractivity contribution >= 4 is 12.3 Å². The van der Waals surface area contributed by atoms with E-state index in [9.17, 15) is 9.59 Å². The maximum Gasteiger partial charge on any atom is 0.382 e. The summed E-state index contributed by atoms with van der Waals surface area (Å²) in [6.45, 7) is 0. The third-order valence-corrected chi connectivity index (χ3v) is 1.40. The molecule has 0 aliphatic rings. The lowest BCUT2D eigenvalue weighted by Crippen LogP contribution is -1.97. The highest BCUT2D eigenvalue weighted by atomic mass is 16.4. The molecule has 0 amide bonds. The van der Waals surface area contributed by atoms with Gasteiger partial charge in [0.1, 0.15) is 5.69 Å². The normalized spacial score (nSPS) is 8.69. The summed E-state index contributed by atoms with van der Waals surface area (Å²) in [7, 11) is 1.58. The van der Waals surface area contributed by atoms with E-state index in [4.69, 9.17) is 5.11 Å². The van der Waals surface area contributed by atoms with Crippen LogP contribution in [0.1, 0.15) is 16.1 Å². The summed E-state index contributed by atoms with van der Waals surface area (Å²) in [5.41, 5.74) is 0.591. The molecule has 0 aliphatic carbocycles. The summed E-state index contributed by atoms with van der Waals surface area (Å²) in [6, 6.07) is 0. The zero-order valence-corrected chi connectivity index (χ0v) is 6.81. The van der Waals surface area contributed by atoms with E-state index in [0.717, 1.165) is 0 Å². The molecule has 1 aromatic heterocycles. The minimum atomic E-state index is -1.24. The van der Waals surface area contributed by atoms with Crippen LogP contribution in [0.3, 0.4) is 0 Å². The van der Waals surface area contributed by atoms with Gasteiger partial charge in [-0.1, -0.05) is 5.92 Å². The molecule has 0 atom stereocenters. The fourth-order valence-electron chi connectivity index (χ4n) is 0.804. The fraction of sp³-hybridized carbons (Fsp3) is 0.125. The van der Waals surface area contributed by atoms with Crippen molar-refractivity contribution in [3.8, 4) is 11.8 Å². The molecule has 0 aromatic carbocycles. The number of carboxylic acid groups (broad SMARTS) is 1.